The molecule has 0 spiro atoms. The van der Waals surface area contributed by atoms with Crippen LogP contribution in [-0.4, -0.2) is 29.0 Å². The number of benzene rings is 2. The molecule has 0 saturated carbocycles. The van der Waals surface area contributed by atoms with Crippen LogP contribution in [0.1, 0.15) is 40.2 Å². The van der Waals surface area contributed by atoms with Crippen LogP contribution in [0.3, 0.4) is 0 Å². The zero-order valence-corrected chi connectivity index (χ0v) is 17.7. The topological polar surface area (TPSA) is 70.2 Å². The molecule has 2 heterocycles. The molecule has 0 unspecified atom stereocenters. The molecule has 6 heteroatoms. The summed E-state index contributed by atoms with van der Waals surface area (Å²) in [4.78, 5) is 24.0. The highest BCUT2D eigenvalue weighted by Crippen LogP contribution is 2.24. The Morgan fingerprint density at radius 2 is 1.60 bits per heavy atom. The second-order valence-electron chi connectivity index (χ2n) is 7.83. The fourth-order valence-electron chi connectivity index (χ4n) is 3.69. The molecular formula is C24H27N5O. The maximum Gasteiger partial charge on any atom is 0.255 e. The second kappa shape index (κ2) is 8.53. The Bertz CT molecular complexity index is 1060. The minimum atomic E-state index is -0.0985. The first-order valence-electron chi connectivity index (χ1n) is 10.3. The van der Waals surface area contributed by atoms with Gasteiger partial charge in [0.2, 0.25) is 0 Å². The maximum absolute atomic E-state index is 12.6. The number of hydrogen-bond acceptors (Lipinski definition) is 5. The number of amides is 1. The van der Waals surface area contributed by atoms with E-state index in [9.17, 15) is 4.79 Å². The summed E-state index contributed by atoms with van der Waals surface area (Å²) in [6.07, 6.45) is 2.42. The second-order valence-corrected chi connectivity index (χ2v) is 7.83. The summed E-state index contributed by atoms with van der Waals surface area (Å²) in [5.41, 5.74) is 4.39. The van der Waals surface area contributed by atoms with Crippen molar-refractivity contribution in [3.63, 3.8) is 0 Å². The van der Waals surface area contributed by atoms with Crippen molar-refractivity contribution in [1.29, 1.82) is 0 Å². The Labute approximate surface area is 177 Å². The first-order valence-corrected chi connectivity index (χ1v) is 10.3. The summed E-state index contributed by atoms with van der Waals surface area (Å²) in [6.45, 7) is 7.94. The summed E-state index contributed by atoms with van der Waals surface area (Å²) in [6, 6.07) is 15.5. The van der Waals surface area contributed by atoms with Gasteiger partial charge in [0.05, 0.1) is 0 Å². The quantitative estimate of drug-likeness (QED) is 0.630. The Morgan fingerprint density at radius 1 is 0.900 bits per heavy atom. The third-order valence-electron chi connectivity index (χ3n) is 5.31. The minimum absolute atomic E-state index is 0.0985. The van der Waals surface area contributed by atoms with Gasteiger partial charge in [-0.2, -0.15) is 0 Å². The third-order valence-corrected chi connectivity index (χ3v) is 5.31. The molecule has 0 radical (unpaired) electrons. The van der Waals surface area contributed by atoms with Gasteiger partial charge >= 0.3 is 0 Å². The van der Waals surface area contributed by atoms with Crippen LogP contribution in [-0.2, 0) is 0 Å². The minimum Gasteiger partial charge on any atom is -0.356 e. The number of carbonyl (C=O) groups excluding carboxylic acids is 1. The van der Waals surface area contributed by atoms with E-state index in [0.717, 1.165) is 53.1 Å². The summed E-state index contributed by atoms with van der Waals surface area (Å²) < 4.78 is 0. The summed E-state index contributed by atoms with van der Waals surface area (Å²) in [7, 11) is 0. The Kier molecular flexibility index (Phi) is 5.65. The van der Waals surface area contributed by atoms with Crippen LogP contribution >= 0.6 is 0 Å². The standard InChI is InChI=1S/C24H27N5O/c1-16-6-7-17(2)21(14-16)24(30)28-20-10-8-19(9-11-20)27-22-15-23(26-18(3)25-22)29-12-4-5-13-29/h6-11,14-15H,4-5,12-13H2,1-3H3,(H,28,30)(H,25,26,27). The molecule has 1 aromatic heterocycles. The van der Waals surface area contributed by atoms with Crippen molar-refractivity contribution in [3.05, 3.63) is 71.0 Å². The van der Waals surface area contributed by atoms with Crippen LogP contribution in [0.5, 0.6) is 0 Å². The lowest BCUT2D eigenvalue weighted by atomic mass is 10.1. The molecule has 1 aliphatic rings. The Balaban J connectivity index is 1.45. The highest BCUT2D eigenvalue weighted by Gasteiger charge is 2.15. The van der Waals surface area contributed by atoms with E-state index >= 15 is 0 Å². The number of nitrogens with one attached hydrogen (secondary N) is 2. The van der Waals surface area contributed by atoms with Gasteiger partial charge in [0.15, 0.2) is 0 Å². The zero-order valence-electron chi connectivity index (χ0n) is 17.7. The number of aromatic nitrogens is 2. The molecule has 154 valence electrons. The third kappa shape index (κ3) is 4.59. The van der Waals surface area contributed by atoms with Crippen LogP contribution < -0.4 is 15.5 Å². The van der Waals surface area contributed by atoms with Gasteiger partial charge in [-0.15, -0.1) is 0 Å². The molecule has 0 aliphatic carbocycles. The maximum atomic E-state index is 12.6. The van der Waals surface area contributed by atoms with Crippen LogP contribution in [0.2, 0.25) is 0 Å². The van der Waals surface area contributed by atoms with Crippen LogP contribution in [0.15, 0.2) is 48.5 Å². The van der Waals surface area contributed by atoms with Gasteiger partial charge in [0, 0.05) is 36.1 Å². The molecule has 1 saturated heterocycles. The summed E-state index contributed by atoms with van der Waals surface area (Å²) >= 11 is 0. The highest BCUT2D eigenvalue weighted by molar-refractivity contribution is 6.05. The monoisotopic (exact) mass is 401 g/mol. The fraction of sp³-hybridized carbons (Fsp3) is 0.292. The molecule has 1 amide bonds. The molecule has 0 bridgehead atoms. The van der Waals surface area contributed by atoms with Gasteiger partial charge in [0.25, 0.3) is 5.91 Å². The molecule has 2 aromatic carbocycles. The lowest BCUT2D eigenvalue weighted by Gasteiger charge is -2.18. The van der Waals surface area contributed by atoms with Crippen molar-refractivity contribution < 1.29 is 4.79 Å². The number of carbonyl (C=O) groups is 1. The normalized spacial score (nSPS) is 13.4. The van der Waals surface area contributed by atoms with Gasteiger partial charge in [0.1, 0.15) is 17.5 Å². The van der Waals surface area contributed by atoms with Crippen molar-refractivity contribution in [2.24, 2.45) is 0 Å². The van der Waals surface area contributed by atoms with Crippen molar-refractivity contribution >= 4 is 28.9 Å². The first-order chi connectivity index (χ1) is 14.5. The van der Waals surface area contributed by atoms with Gasteiger partial charge in [-0.05, 0) is 69.5 Å². The molecular weight excluding hydrogens is 374 g/mol. The lowest BCUT2D eigenvalue weighted by molar-refractivity contribution is 0.102. The van der Waals surface area contributed by atoms with Crippen LogP contribution in [0, 0.1) is 20.8 Å². The van der Waals surface area contributed by atoms with Crippen LogP contribution in [0.4, 0.5) is 23.0 Å². The van der Waals surface area contributed by atoms with E-state index < -0.39 is 0 Å². The molecule has 30 heavy (non-hydrogen) atoms. The van der Waals surface area contributed by atoms with Crippen molar-refractivity contribution in [1.82, 2.24) is 9.97 Å². The number of anilines is 4. The molecule has 2 N–H and O–H groups in total. The van der Waals surface area contributed by atoms with E-state index in [1.807, 2.05) is 69.3 Å². The smallest absolute Gasteiger partial charge is 0.255 e. The Hall–Kier alpha value is -3.41. The zero-order chi connectivity index (χ0) is 21.1. The van der Waals surface area contributed by atoms with E-state index in [1.165, 1.54) is 12.8 Å². The highest BCUT2D eigenvalue weighted by atomic mass is 16.1. The van der Waals surface area contributed by atoms with Gasteiger partial charge in [-0.3, -0.25) is 4.79 Å². The molecule has 6 nitrogen and oxygen atoms in total. The van der Waals surface area contributed by atoms with Crippen molar-refractivity contribution in [3.8, 4) is 0 Å². The van der Waals surface area contributed by atoms with E-state index in [4.69, 9.17) is 0 Å². The largest absolute Gasteiger partial charge is 0.356 e. The molecule has 0 atom stereocenters. The van der Waals surface area contributed by atoms with E-state index in [1.54, 1.807) is 0 Å². The number of nitrogens with zero attached hydrogens (tertiary/aromatic N) is 3. The summed E-state index contributed by atoms with van der Waals surface area (Å²) in [5, 5.41) is 6.32. The fourth-order valence-corrected chi connectivity index (χ4v) is 3.69. The first kappa shape index (κ1) is 19.9. The van der Waals surface area contributed by atoms with E-state index in [-0.39, 0.29) is 5.91 Å². The molecule has 1 fully saturated rings. The average molecular weight is 402 g/mol. The van der Waals surface area contributed by atoms with Crippen molar-refractivity contribution in [2.75, 3.05) is 28.6 Å². The van der Waals surface area contributed by atoms with Crippen molar-refractivity contribution in [2.45, 2.75) is 33.6 Å². The average Bonchev–Trinajstić information content (AvgIpc) is 3.26. The molecule has 4 rings (SSSR count). The van der Waals surface area contributed by atoms with E-state index in [0.29, 0.717) is 5.56 Å². The van der Waals surface area contributed by atoms with Gasteiger partial charge < -0.3 is 15.5 Å². The molecule has 3 aromatic rings. The lowest BCUT2D eigenvalue weighted by Crippen LogP contribution is -2.19. The number of rotatable bonds is 5. The van der Waals surface area contributed by atoms with Crippen LogP contribution in [0.25, 0.3) is 0 Å². The summed E-state index contributed by atoms with van der Waals surface area (Å²) in [5.74, 6) is 2.40. The molecule has 1 aliphatic heterocycles. The van der Waals surface area contributed by atoms with Gasteiger partial charge in [-0.1, -0.05) is 17.7 Å². The Morgan fingerprint density at radius 3 is 2.33 bits per heavy atom. The number of hydrogen-bond donors (Lipinski definition) is 2. The number of aryl methyl sites for hydroxylation is 3. The predicted octanol–water partition coefficient (Wildman–Crippen LogP) is 5.00. The SMILES string of the molecule is Cc1ccc(C)c(C(=O)Nc2ccc(Nc3cc(N4CCCC4)nc(C)n3)cc2)c1. The van der Waals surface area contributed by atoms with E-state index in [2.05, 4.69) is 25.5 Å². The predicted molar refractivity (Wildman–Crippen MR) is 122 cm³/mol. The van der Waals surface area contributed by atoms with Gasteiger partial charge in [-0.25, -0.2) is 9.97 Å².